The van der Waals surface area contributed by atoms with Crippen LogP contribution in [0.25, 0.3) is 15.2 Å². The number of aliphatic hydroxyl groups is 1. The van der Waals surface area contributed by atoms with Crippen molar-refractivity contribution in [2.45, 2.75) is 32.4 Å². The number of nitrogens with zero attached hydrogens (tertiary/aromatic N) is 5. The summed E-state index contributed by atoms with van der Waals surface area (Å²) in [5, 5.41) is 20.0. The van der Waals surface area contributed by atoms with E-state index in [1.54, 1.807) is 14.0 Å². The second-order valence-electron chi connectivity index (χ2n) is 8.72. The Morgan fingerprint density at radius 3 is 2.54 bits per heavy atom. The second-order valence-corrected chi connectivity index (χ2v) is 9.70. The number of benzene rings is 1. The van der Waals surface area contributed by atoms with Crippen LogP contribution in [0.3, 0.4) is 0 Å². The van der Waals surface area contributed by atoms with Crippen LogP contribution in [0.2, 0.25) is 0 Å². The molecule has 1 aliphatic heterocycles. The van der Waals surface area contributed by atoms with Crippen molar-refractivity contribution in [3.63, 3.8) is 0 Å². The minimum Gasteiger partial charge on any atom is -0.496 e. The molecule has 1 saturated heterocycles. The molecule has 1 aromatic carbocycles. The topological polar surface area (TPSA) is 142 Å². The number of aromatic nitrogens is 5. The van der Waals surface area contributed by atoms with Gasteiger partial charge in [0, 0.05) is 32.2 Å². The van der Waals surface area contributed by atoms with Crippen LogP contribution in [0, 0.1) is 12.7 Å². The van der Waals surface area contributed by atoms with Crippen LogP contribution in [0.15, 0.2) is 40.2 Å². The Bertz CT molecular complexity index is 1580. The highest BCUT2D eigenvalue weighted by Crippen LogP contribution is 2.31. The van der Waals surface area contributed by atoms with Crippen molar-refractivity contribution >= 4 is 27.5 Å². The van der Waals surface area contributed by atoms with Crippen molar-refractivity contribution < 1.29 is 23.8 Å². The maximum absolute atomic E-state index is 13.9. The largest absolute Gasteiger partial charge is 0.496 e. The fourth-order valence-corrected chi connectivity index (χ4v) is 5.66. The number of hydrogen-bond acceptors (Lipinski definition) is 9. The van der Waals surface area contributed by atoms with E-state index < -0.39 is 23.1 Å². The summed E-state index contributed by atoms with van der Waals surface area (Å²) in [6.07, 6.45) is 3.40. The van der Waals surface area contributed by atoms with E-state index in [-0.39, 0.29) is 32.0 Å². The summed E-state index contributed by atoms with van der Waals surface area (Å²) < 4.78 is 26.3. The molecule has 4 heterocycles. The highest BCUT2D eigenvalue weighted by molar-refractivity contribution is 7.21. The third kappa shape index (κ3) is 5.77. The molecule has 1 unspecified atom stereocenters. The van der Waals surface area contributed by atoms with Crippen molar-refractivity contribution in [3.8, 4) is 10.8 Å². The minimum absolute atomic E-state index is 0.0507. The lowest BCUT2D eigenvalue weighted by Crippen LogP contribution is -2.43. The normalized spacial score (nSPS) is 14.8. The first-order chi connectivity index (χ1) is 18.8. The number of aryl methyl sites for hydroxylation is 3. The summed E-state index contributed by atoms with van der Waals surface area (Å²) in [6, 6.07) is 3.63. The second kappa shape index (κ2) is 12.3. The van der Waals surface area contributed by atoms with E-state index in [9.17, 15) is 18.8 Å². The zero-order valence-electron chi connectivity index (χ0n) is 21.7. The number of fused-ring (bicyclic) bond motifs is 1. The van der Waals surface area contributed by atoms with E-state index in [2.05, 4.69) is 20.3 Å². The van der Waals surface area contributed by atoms with E-state index >= 15 is 0 Å². The first kappa shape index (κ1) is 28.1. The summed E-state index contributed by atoms with van der Waals surface area (Å²) in [5.41, 5.74) is 0.272. The van der Waals surface area contributed by atoms with Gasteiger partial charge in [-0.3, -0.25) is 18.7 Å². The number of carbonyl (C=O) groups excluding carboxylic acids is 1. The molecule has 2 N–H and O–H groups in total. The van der Waals surface area contributed by atoms with Crippen molar-refractivity contribution in [3.05, 3.63) is 68.4 Å². The van der Waals surface area contributed by atoms with Gasteiger partial charge in [-0.05, 0) is 37.1 Å². The van der Waals surface area contributed by atoms with Crippen molar-refractivity contribution in [2.75, 3.05) is 34.0 Å². The van der Waals surface area contributed by atoms with E-state index in [4.69, 9.17) is 9.84 Å². The lowest BCUT2D eigenvalue weighted by atomic mass is 10.1. The fourth-order valence-electron chi connectivity index (χ4n) is 4.42. The van der Waals surface area contributed by atoms with E-state index in [1.165, 1.54) is 58.4 Å². The molecule has 1 fully saturated rings. The van der Waals surface area contributed by atoms with Crippen LogP contribution in [0.4, 0.5) is 4.39 Å². The Kier molecular flexibility index (Phi) is 8.89. The lowest BCUT2D eigenvalue weighted by Gasteiger charge is -2.16. The third-order valence-corrected chi connectivity index (χ3v) is 7.56. The van der Waals surface area contributed by atoms with Crippen molar-refractivity contribution in [1.29, 1.82) is 0 Å². The molecule has 0 radical (unpaired) electrons. The number of methoxy groups -OCH3 is 2. The number of ether oxygens (including phenoxy) is 2. The van der Waals surface area contributed by atoms with Crippen molar-refractivity contribution in [1.82, 2.24) is 29.4 Å². The number of halogens is 1. The summed E-state index contributed by atoms with van der Waals surface area (Å²) in [5.74, 6) is -0.114. The van der Waals surface area contributed by atoms with Gasteiger partial charge in [0.05, 0.1) is 44.1 Å². The maximum Gasteiger partial charge on any atom is 0.332 e. The Hall–Kier alpha value is -3.88. The predicted octanol–water partition coefficient (Wildman–Crippen LogP) is 1.19. The molecule has 0 spiro atoms. The molecule has 0 saturated carbocycles. The number of thiophene rings is 1. The molecule has 3 aromatic heterocycles. The number of amides is 1. The molecule has 1 atom stereocenters. The quantitative estimate of drug-likeness (QED) is 0.327. The standard InChI is InChI=1S/C22H21FN6O4S.C3H8O2/c1-12-18-19(31)28(15-10-17(30)24-11-15)22(32)27(21(18)34-20(12)29-25-6-7-26-29)8-5-13-9-14(23)3-4-16(13)33-2;1-5-3-2-4/h3-4,6-7,9,15H,5,8,10-11H2,1-2H3,(H,24,30);4H,2-3H2,1H3. The minimum atomic E-state index is -0.586. The summed E-state index contributed by atoms with van der Waals surface area (Å²) in [7, 11) is 3.05. The SMILES string of the molecule is COCCO.COc1ccc(F)cc1CCn1c(=O)n(C2CNC(=O)C2)c(=O)c2c(C)c(-n3nccn3)sc21. The zero-order chi connectivity index (χ0) is 28.1. The van der Waals surface area contributed by atoms with Gasteiger partial charge in [-0.2, -0.15) is 10.2 Å². The Balaban J connectivity index is 0.000000648. The van der Waals surface area contributed by atoms with Gasteiger partial charge in [0.2, 0.25) is 5.91 Å². The molecule has 12 nitrogen and oxygen atoms in total. The van der Waals surface area contributed by atoms with Gasteiger partial charge < -0.3 is 19.9 Å². The van der Waals surface area contributed by atoms with E-state index in [1.807, 2.05) is 0 Å². The molecule has 0 bridgehead atoms. The van der Waals surface area contributed by atoms with Crippen LogP contribution >= 0.6 is 11.3 Å². The zero-order valence-corrected chi connectivity index (χ0v) is 22.5. The highest BCUT2D eigenvalue weighted by Gasteiger charge is 2.29. The summed E-state index contributed by atoms with van der Waals surface area (Å²) in [6.45, 7) is 2.73. The fraction of sp³-hybridized carbons (Fsp3) is 0.400. The molecule has 0 aliphatic carbocycles. The van der Waals surface area contributed by atoms with Crippen LogP contribution in [-0.4, -0.2) is 69.1 Å². The number of aliphatic hydroxyl groups excluding tert-OH is 1. The molecule has 5 rings (SSSR count). The molecule has 4 aromatic rings. The highest BCUT2D eigenvalue weighted by atomic mass is 32.1. The molecule has 1 amide bonds. The number of hydrogen-bond donors (Lipinski definition) is 2. The lowest BCUT2D eigenvalue weighted by molar-refractivity contribution is -0.119. The molecular weight excluding hydrogens is 531 g/mol. The average Bonchev–Trinajstić information content (AvgIpc) is 3.66. The molecular formula is C25H29FN6O6S. The Morgan fingerprint density at radius 1 is 1.21 bits per heavy atom. The predicted molar refractivity (Wildman–Crippen MR) is 142 cm³/mol. The van der Waals surface area contributed by atoms with Gasteiger partial charge in [-0.25, -0.2) is 9.18 Å². The number of rotatable bonds is 8. The first-order valence-electron chi connectivity index (χ1n) is 12.1. The van der Waals surface area contributed by atoms with Gasteiger partial charge in [-0.15, -0.1) is 4.80 Å². The van der Waals surface area contributed by atoms with E-state index in [0.717, 1.165) is 4.57 Å². The molecule has 39 heavy (non-hydrogen) atoms. The third-order valence-electron chi connectivity index (χ3n) is 6.28. The number of carbonyl (C=O) groups is 1. The van der Waals surface area contributed by atoms with Gasteiger partial charge in [0.25, 0.3) is 5.56 Å². The van der Waals surface area contributed by atoms with Crippen LogP contribution in [0.5, 0.6) is 5.75 Å². The summed E-state index contributed by atoms with van der Waals surface area (Å²) in [4.78, 5) is 40.8. The molecule has 14 heteroatoms. The van der Waals surface area contributed by atoms with Crippen LogP contribution in [-0.2, 0) is 22.5 Å². The maximum atomic E-state index is 13.9. The Morgan fingerprint density at radius 2 is 1.95 bits per heavy atom. The number of nitrogens with one attached hydrogen (secondary N) is 1. The molecule has 208 valence electrons. The van der Waals surface area contributed by atoms with E-state index in [0.29, 0.717) is 45.1 Å². The first-order valence-corrected chi connectivity index (χ1v) is 13.0. The Labute approximate surface area is 226 Å². The van der Waals surface area contributed by atoms with Crippen LogP contribution in [0.1, 0.15) is 23.6 Å². The summed E-state index contributed by atoms with van der Waals surface area (Å²) >= 11 is 1.24. The monoisotopic (exact) mass is 560 g/mol. The van der Waals surface area contributed by atoms with Crippen molar-refractivity contribution in [2.24, 2.45) is 0 Å². The van der Waals surface area contributed by atoms with Gasteiger partial charge in [0.15, 0.2) is 0 Å². The van der Waals surface area contributed by atoms with Gasteiger partial charge in [0.1, 0.15) is 21.4 Å². The average molecular weight is 561 g/mol. The smallest absolute Gasteiger partial charge is 0.332 e. The van der Waals surface area contributed by atoms with Gasteiger partial charge in [-0.1, -0.05) is 11.3 Å². The molecule has 1 aliphatic rings. The van der Waals surface area contributed by atoms with Crippen LogP contribution < -0.4 is 21.3 Å². The van der Waals surface area contributed by atoms with Gasteiger partial charge >= 0.3 is 5.69 Å².